The molecule has 1 aliphatic rings. The molecule has 7 heteroatoms. The minimum atomic E-state index is -0.948. The summed E-state index contributed by atoms with van der Waals surface area (Å²) in [5, 5.41) is 26.1. The summed E-state index contributed by atoms with van der Waals surface area (Å²) < 4.78 is 8.31. The maximum Gasteiger partial charge on any atom is 0.129 e. The van der Waals surface area contributed by atoms with E-state index in [9.17, 15) is 10.2 Å². The molecule has 6 nitrogen and oxygen atoms in total. The molecule has 1 saturated heterocycles. The van der Waals surface area contributed by atoms with Gasteiger partial charge in [0.1, 0.15) is 12.0 Å². The second-order valence-corrected chi connectivity index (χ2v) is 10.6. The van der Waals surface area contributed by atoms with Crippen molar-refractivity contribution < 1.29 is 14.9 Å². The zero-order valence-corrected chi connectivity index (χ0v) is 21.9. The quantitative estimate of drug-likeness (QED) is 0.330. The van der Waals surface area contributed by atoms with Crippen LogP contribution in [0.3, 0.4) is 0 Å². The Balaban J connectivity index is 1.22. The third-order valence-corrected chi connectivity index (χ3v) is 7.97. The van der Waals surface area contributed by atoms with Crippen LogP contribution in [0, 0.1) is 6.92 Å². The molecule has 36 heavy (non-hydrogen) atoms. The van der Waals surface area contributed by atoms with Gasteiger partial charge in [0.2, 0.25) is 0 Å². The number of halogens is 1. The monoisotopic (exact) mass is 507 g/mol. The van der Waals surface area contributed by atoms with Gasteiger partial charge >= 0.3 is 0 Å². The van der Waals surface area contributed by atoms with E-state index in [4.69, 9.17) is 16.3 Å². The van der Waals surface area contributed by atoms with Crippen LogP contribution in [0.15, 0.2) is 55.0 Å². The fraction of sp³-hybridized carbons (Fsp3) is 0.414. The summed E-state index contributed by atoms with van der Waals surface area (Å²) >= 11 is 6.63. The van der Waals surface area contributed by atoms with Crippen molar-refractivity contribution in [3.8, 4) is 5.75 Å². The average molecular weight is 508 g/mol. The predicted molar refractivity (Wildman–Crippen MR) is 145 cm³/mol. The lowest BCUT2D eigenvalue weighted by atomic mass is 9.83. The molecule has 0 unspecified atom stereocenters. The van der Waals surface area contributed by atoms with Gasteiger partial charge in [0.15, 0.2) is 0 Å². The molecule has 3 heterocycles. The molecule has 0 saturated carbocycles. The van der Waals surface area contributed by atoms with Gasteiger partial charge in [-0.3, -0.25) is 9.88 Å². The highest BCUT2D eigenvalue weighted by atomic mass is 35.5. The summed E-state index contributed by atoms with van der Waals surface area (Å²) in [5.74, 6) is 0.787. The Hall–Kier alpha value is -2.64. The van der Waals surface area contributed by atoms with Gasteiger partial charge in [0.05, 0.1) is 22.7 Å². The van der Waals surface area contributed by atoms with Gasteiger partial charge < -0.3 is 19.5 Å². The van der Waals surface area contributed by atoms with Gasteiger partial charge in [-0.25, -0.2) is 0 Å². The number of pyridine rings is 1. The fourth-order valence-electron chi connectivity index (χ4n) is 5.36. The molecule has 0 radical (unpaired) electrons. The summed E-state index contributed by atoms with van der Waals surface area (Å²) in [5.41, 5.74) is 1.88. The zero-order chi connectivity index (χ0) is 25.4. The molecule has 1 atom stereocenters. The van der Waals surface area contributed by atoms with Gasteiger partial charge in [0.25, 0.3) is 0 Å². The smallest absolute Gasteiger partial charge is 0.129 e. The van der Waals surface area contributed by atoms with E-state index in [2.05, 4.69) is 23.4 Å². The van der Waals surface area contributed by atoms with Crippen LogP contribution in [0.1, 0.15) is 50.3 Å². The summed E-state index contributed by atoms with van der Waals surface area (Å²) in [6, 6.07) is 12.3. The van der Waals surface area contributed by atoms with Crippen molar-refractivity contribution >= 4 is 33.3 Å². The SMILES string of the molecule is Cc1cc(OCC[C@H](O)N2CCC(O)(c3cncc4ccccc34)CC2)c2ccn(C(C)C)c2c1Cl. The van der Waals surface area contributed by atoms with Crippen LogP contribution in [0.2, 0.25) is 5.02 Å². The van der Waals surface area contributed by atoms with Crippen LogP contribution in [0.25, 0.3) is 21.7 Å². The third kappa shape index (κ3) is 4.59. The van der Waals surface area contributed by atoms with Gasteiger partial charge in [-0.05, 0) is 56.7 Å². The lowest BCUT2D eigenvalue weighted by molar-refractivity contribution is -0.0814. The van der Waals surface area contributed by atoms with Crippen LogP contribution in [-0.4, -0.2) is 50.6 Å². The fourth-order valence-corrected chi connectivity index (χ4v) is 5.61. The minimum absolute atomic E-state index is 0.291. The van der Waals surface area contributed by atoms with Gasteiger partial charge in [-0.1, -0.05) is 35.9 Å². The largest absolute Gasteiger partial charge is 0.493 e. The molecule has 0 aliphatic carbocycles. The Kier molecular flexibility index (Phi) is 6.97. The molecule has 0 bridgehead atoms. The Morgan fingerprint density at radius 3 is 2.61 bits per heavy atom. The Labute approximate surface area is 217 Å². The molecule has 190 valence electrons. The van der Waals surface area contributed by atoms with E-state index in [0.717, 1.165) is 43.6 Å². The molecule has 4 aromatic rings. The third-order valence-electron chi connectivity index (χ3n) is 7.49. The highest BCUT2D eigenvalue weighted by molar-refractivity contribution is 6.36. The number of aryl methyl sites for hydroxylation is 1. The first-order chi connectivity index (χ1) is 17.3. The van der Waals surface area contributed by atoms with E-state index in [1.165, 1.54) is 0 Å². The van der Waals surface area contributed by atoms with E-state index in [1.54, 1.807) is 6.20 Å². The average Bonchev–Trinajstić information content (AvgIpc) is 3.33. The topological polar surface area (TPSA) is 70.8 Å². The number of aromatic nitrogens is 2. The van der Waals surface area contributed by atoms with Crippen molar-refractivity contribution in [3.63, 3.8) is 0 Å². The predicted octanol–water partition coefficient (Wildman–Crippen LogP) is 5.80. The van der Waals surface area contributed by atoms with Crippen LogP contribution in [0.4, 0.5) is 0 Å². The number of aliphatic hydroxyl groups excluding tert-OH is 1. The van der Waals surface area contributed by atoms with Crippen molar-refractivity contribution in [1.82, 2.24) is 14.5 Å². The number of benzene rings is 2. The van der Waals surface area contributed by atoms with E-state index >= 15 is 0 Å². The maximum absolute atomic E-state index is 11.5. The molecule has 2 aromatic carbocycles. The lowest BCUT2D eigenvalue weighted by Crippen LogP contribution is -2.47. The second kappa shape index (κ2) is 10.0. The lowest BCUT2D eigenvalue weighted by Gasteiger charge is -2.40. The summed E-state index contributed by atoms with van der Waals surface area (Å²) in [6.07, 6.45) is 6.58. The Bertz CT molecular complexity index is 1370. The maximum atomic E-state index is 11.5. The first kappa shape index (κ1) is 25.0. The highest BCUT2D eigenvalue weighted by Crippen LogP contribution is 2.38. The molecular weight excluding hydrogens is 474 g/mol. The number of nitrogens with zero attached hydrogens (tertiary/aromatic N) is 3. The number of hydrogen-bond acceptors (Lipinski definition) is 5. The van der Waals surface area contributed by atoms with Crippen molar-refractivity contribution in [3.05, 3.63) is 71.1 Å². The molecule has 0 spiro atoms. The zero-order valence-electron chi connectivity index (χ0n) is 21.1. The summed E-state index contributed by atoms with van der Waals surface area (Å²) in [6.45, 7) is 7.83. The molecule has 1 fully saturated rings. The van der Waals surface area contributed by atoms with Crippen LogP contribution in [0.5, 0.6) is 5.75 Å². The highest BCUT2D eigenvalue weighted by Gasteiger charge is 2.37. The van der Waals surface area contributed by atoms with E-state index in [-0.39, 0.29) is 0 Å². The van der Waals surface area contributed by atoms with E-state index < -0.39 is 11.8 Å². The normalized spacial score (nSPS) is 17.2. The summed E-state index contributed by atoms with van der Waals surface area (Å²) in [4.78, 5) is 6.37. The van der Waals surface area contributed by atoms with E-state index in [0.29, 0.717) is 45.0 Å². The second-order valence-electron chi connectivity index (χ2n) is 10.2. The van der Waals surface area contributed by atoms with Gasteiger partial charge in [-0.15, -0.1) is 0 Å². The van der Waals surface area contributed by atoms with Crippen molar-refractivity contribution in [1.29, 1.82) is 0 Å². The van der Waals surface area contributed by atoms with Crippen molar-refractivity contribution in [2.24, 2.45) is 0 Å². The molecule has 2 N–H and O–H groups in total. The molecule has 2 aromatic heterocycles. The minimum Gasteiger partial charge on any atom is -0.493 e. The van der Waals surface area contributed by atoms with Gasteiger partial charge in [-0.2, -0.15) is 0 Å². The van der Waals surface area contributed by atoms with Crippen LogP contribution >= 0.6 is 11.6 Å². The van der Waals surface area contributed by atoms with Gasteiger partial charge in [0, 0.05) is 60.5 Å². The molecule has 5 rings (SSSR count). The van der Waals surface area contributed by atoms with Crippen molar-refractivity contribution in [2.45, 2.75) is 57.9 Å². The van der Waals surface area contributed by atoms with E-state index in [1.807, 2.05) is 60.6 Å². The standard InChI is InChI=1S/C29H34ClN3O3/c1-19(2)33-12-8-23-25(16-20(3)27(30)28(23)33)36-15-9-26(34)32-13-10-29(35,11-14-32)24-18-31-17-21-6-4-5-7-22(21)24/h4-8,12,16-19,26,34-35H,9-11,13-15H2,1-3H3/t26-/m0/s1. The number of likely N-dealkylation sites (tertiary alicyclic amines) is 1. The summed E-state index contributed by atoms with van der Waals surface area (Å²) in [7, 11) is 0. The number of rotatable bonds is 7. The number of ether oxygens (including phenoxy) is 1. The number of aliphatic hydroxyl groups is 2. The number of fused-ring (bicyclic) bond motifs is 2. The first-order valence-corrected chi connectivity index (χ1v) is 13.1. The van der Waals surface area contributed by atoms with Crippen LogP contribution < -0.4 is 4.74 Å². The first-order valence-electron chi connectivity index (χ1n) is 12.7. The van der Waals surface area contributed by atoms with Crippen LogP contribution in [-0.2, 0) is 5.60 Å². The molecular formula is C29H34ClN3O3. The Morgan fingerprint density at radius 1 is 1.11 bits per heavy atom. The van der Waals surface area contributed by atoms with Crippen molar-refractivity contribution in [2.75, 3.05) is 19.7 Å². The number of piperidine rings is 1. The molecule has 1 aliphatic heterocycles. The molecule has 0 amide bonds. The Morgan fingerprint density at radius 2 is 1.86 bits per heavy atom. The number of hydrogen-bond donors (Lipinski definition) is 2.